The van der Waals surface area contributed by atoms with Gasteiger partial charge in [-0.3, -0.25) is 34.3 Å². The molecule has 3 aliphatic rings. The van der Waals surface area contributed by atoms with E-state index >= 15 is 0 Å². The Labute approximate surface area is 209 Å². The van der Waals surface area contributed by atoms with Gasteiger partial charge in [0.25, 0.3) is 11.8 Å². The number of imide groups is 2. The molecule has 0 radical (unpaired) electrons. The first-order chi connectivity index (χ1) is 17.0. The van der Waals surface area contributed by atoms with Gasteiger partial charge in [-0.15, -0.1) is 11.8 Å². The van der Waals surface area contributed by atoms with Crippen LogP contribution < -0.4 is 5.32 Å². The largest absolute Gasteiger partial charge is 0.299 e. The number of fused-ring (bicyclic) bond motifs is 1. The van der Waals surface area contributed by atoms with Gasteiger partial charge in [-0.25, -0.2) is 0 Å². The van der Waals surface area contributed by atoms with E-state index in [0.717, 1.165) is 28.5 Å². The summed E-state index contributed by atoms with van der Waals surface area (Å²) in [5, 5.41) is 2.24. The first-order valence-corrected chi connectivity index (χ1v) is 13.3. The van der Waals surface area contributed by atoms with Gasteiger partial charge in [0.1, 0.15) is 6.04 Å². The van der Waals surface area contributed by atoms with Crippen LogP contribution in [0.3, 0.4) is 0 Å². The Balaban J connectivity index is 1.21. The first-order valence-electron chi connectivity index (χ1n) is 12.3. The monoisotopic (exact) mass is 491 g/mol. The van der Waals surface area contributed by atoms with Gasteiger partial charge in [0, 0.05) is 23.6 Å². The van der Waals surface area contributed by atoms with Crippen LogP contribution in [0.2, 0.25) is 0 Å². The summed E-state index contributed by atoms with van der Waals surface area (Å²) in [4.78, 5) is 54.3. The lowest BCUT2D eigenvalue weighted by Gasteiger charge is -2.27. The molecule has 0 aromatic heterocycles. The number of carbonyl (C=O) groups excluding carboxylic acids is 4. The van der Waals surface area contributed by atoms with E-state index < -0.39 is 23.8 Å². The van der Waals surface area contributed by atoms with Crippen LogP contribution in [0, 0.1) is 0 Å². The normalized spacial score (nSPS) is 20.8. The minimum absolute atomic E-state index is 0.113. The minimum atomic E-state index is -0.943. The summed E-state index contributed by atoms with van der Waals surface area (Å²) < 4.78 is 0. The Morgan fingerprint density at radius 3 is 2.37 bits per heavy atom. The average Bonchev–Trinajstić information content (AvgIpc) is 3.11. The van der Waals surface area contributed by atoms with Crippen molar-refractivity contribution >= 4 is 35.4 Å². The Morgan fingerprint density at radius 1 is 0.886 bits per heavy atom. The third-order valence-corrected chi connectivity index (χ3v) is 8.02. The lowest BCUT2D eigenvalue weighted by molar-refractivity contribution is -0.136. The fourth-order valence-electron chi connectivity index (χ4n) is 5.07. The summed E-state index contributed by atoms with van der Waals surface area (Å²) in [6.45, 7) is 3.37. The van der Waals surface area contributed by atoms with Crippen LogP contribution >= 0.6 is 11.8 Å². The van der Waals surface area contributed by atoms with Gasteiger partial charge in [0.15, 0.2) is 0 Å². The van der Waals surface area contributed by atoms with Crippen molar-refractivity contribution < 1.29 is 19.2 Å². The Bertz CT molecular complexity index is 1160. The summed E-state index contributed by atoms with van der Waals surface area (Å²) in [5.41, 5.74) is 3.26. The van der Waals surface area contributed by atoms with Crippen LogP contribution in [0.1, 0.15) is 63.9 Å². The summed E-state index contributed by atoms with van der Waals surface area (Å²) >= 11 is 1.55. The number of nitrogens with zero attached hydrogens (tertiary/aromatic N) is 2. The predicted molar refractivity (Wildman–Crippen MR) is 133 cm³/mol. The molecular formula is C27H29N3O4S. The molecule has 5 rings (SSSR count). The van der Waals surface area contributed by atoms with Crippen LogP contribution in [0.15, 0.2) is 47.4 Å². The second-order valence-corrected chi connectivity index (χ2v) is 10.5. The molecule has 2 fully saturated rings. The minimum Gasteiger partial charge on any atom is -0.299 e. The number of aryl methyl sites for hydroxylation is 1. The van der Waals surface area contributed by atoms with Crippen LogP contribution in [0.5, 0.6) is 0 Å². The summed E-state index contributed by atoms with van der Waals surface area (Å²) in [5.74, 6) is -1.12. The number of carbonyl (C=O) groups is 4. The van der Waals surface area contributed by atoms with Gasteiger partial charge < -0.3 is 0 Å². The third-order valence-electron chi connectivity index (χ3n) is 6.96. The maximum atomic E-state index is 13.2. The van der Waals surface area contributed by atoms with Gasteiger partial charge in [0.05, 0.1) is 11.1 Å². The van der Waals surface area contributed by atoms with Crippen molar-refractivity contribution in [3.05, 3.63) is 64.7 Å². The lowest BCUT2D eigenvalue weighted by Crippen LogP contribution is -2.54. The van der Waals surface area contributed by atoms with E-state index in [1.54, 1.807) is 23.9 Å². The van der Waals surface area contributed by atoms with Gasteiger partial charge in [-0.2, -0.15) is 0 Å². The molecule has 3 aliphatic heterocycles. The standard InChI is InChI=1S/C27H29N3O4S/c31-23-12-11-21(25(32)28-23)30-26(33)20-5-4-6-22(24(20)27(30)34)35-16-13-18-7-9-19(10-8-18)17-29-14-2-1-3-15-29/h4-10,21H,1-3,11-17H2,(H,28,31,32). The van der Waals surface area contributed by atoms with E-state index in [1.165, 1.54) is 43.5 Å². The Kier molecular flexibility index (Phi) is 7.02. The van der Waals surface area contributed by atoms with Crippen molar-refractivity contribution in [2.24, 2.45) is 0 Å². The molecule has 0 bridgehead atoms. The van der Waals surface area contributed by atoms with Gasteiger partial charge >= 0.3 is 0 Å². The topological polar surface area (TPSA) is 86.8 Å². The van der Waals surface area contributed by atoms with Gasteiger partial charge in [-0.1, -0.05) is 36.8 Å². The number of hydrogen-bond acceptors (Lipinski definition) is 6. The number of nitrogens with one attached hydrogen (secondary N) is 1. The highest BCUT2D eigenvalue weighted by Crippen LogP contribution is 2.34. The zero-order valence-electron chi connectivity index (χ0n) is 19.6. The average molecular weight is 492 g/mol. The van der Waals surface area contributed by atoms with E-state index in [1.807, 2.05) is 6.07 Å². The van der Waals surface area contributed by atoms with Gasteiger partial charge in [0.2, 0.25) is 11.8 Å². The third kappa shape index (κ3) is 5.04. The molecular weight excluding hydrogens is 462 g/mol. The molecule has 4 amide bonds. The molecule has 182 valence electrons. The SMILES string of the molecule is O=C1CCC(N2C(=O)c3cccc(SCCc4ccc(CN5CCCCC5)cc4)c3C2=O)C(=O)N1. The molecule has 1 atom stereocenters. The highest BCUT2D eigenvalue weighted by Gasteiger charge is 2.45. The van der Waals surface area contributed by atoms with E-state index in [0.29, 0.717) is 11.1 Å². The molecule has 0 spiro atoms. The van der Waals surface area contributed by atoms with Gasteiger partial charge in [-0.05, 0) is 62.0 Å². The van der Waals surface area contributed by atoms with Crippen molar-refractivity contribution in [3.8, 4) is 0 Å². The molecule has 8 heteroatoms. The number of thioether (sulfide) groups is 1. The molecule has 2 aromatic carbocycles. The molecule has 3 heterocycles. The second-order valence-electron chi connectivity index (χ2n) is 9.38. The van der Waals surface area contributed by atoms with Crippen molar-refractivity contribution in [2.45, 2.75) is 56.0 Å². The summed E-state index contributed by atoms with van der Waals surface area (Å²) in [6, 6.07) is 13.1. The number of amides is 4. The maximum absolute atomic E-state index is 13.2. The summed E-state index contributed by atoms with van der Waals surface area (Å²) in [7, 11) is 0. The van der Waals surface area contributed by atoms with Crippen molar-refractivity contribution in [2.75, 3.05) is 18.8 Å². The molecule has 7 nitrogen and oxygen atoms in total. The fraction of sp³-hybridized carbons (Fsp3) is 0.407. The Morgan fingerprint density at radius 2 is 1.63 bits per heavy atom. The number of likely N-dealkylation sites (tertiary alicyclic amines) is 1. The number of benzene rings is 2. The van der Waals surface area contributed by atoms with Crippen molar-refractivity contribution in [1.29, 1.82) is 0 Å². The molecule has 0 aliphatic carbocycles. The molecule has 2 saturated heterocycles. The predicted octanol–water partition coefficient (Wildman–Crippen LogP) is 3.41. The second kappa shape index (κ2) is 10.3. The lowest BCUT2D eigenvalue weighted by atomic mass is 10.0. The van der Waals surface area contributed by atoms with Crippen LogP contribution in [-0.4, -0.2) is 58.3 Å². The van der Waals surface area contributed by atoms with E-state index in [2.05, 4.69) is 34.5 Å². The summed E-state index contributed by atoms with van der Waals surface area (Å²) in [6.07, 6.45) is 5.04. The highest BCUT2D eigenvalue weighted by molar-refractivity contribution is 7.99. The zero-order chi connectivity index (χ0) is 24.4. The maximum Gasteiger partial charge on any atom is 0.263 e. The highest BCUT2D eigenvalue weighted by atomic mass is 32.2. The van der Waals surface area contributed by atoms with Crippen LogP contribution in [0.25, 0.3) is 0 Å². The van der Waals surface area contributed by atoms with Crippen molar-refractivity contribution in [3.63, 3.8) is 0 Å². The molecule has 0 saturated carbocycles. The quantitative estimate of drug-likeness (QED) is 0.472. The molecule has 2 aromatic rings. The van der Waals surface area contributed by atoms with Crippen LogP contribution in [0.4, 0.5) is 0 Å². The van der Waals surface area contributed by atoms with E-state index in [9.17, 15) is 19.2 Å². The zero-order valence-corrected chi connectivity index (χ0v) is 20.4. The van der Waals surface area contributed by atoms with E-state index in [4.69, 9.17) is 0 Å². The van der Waals surface area contributed by atoms with Crippen LogP contribution in [-0.2, 0) is 22.6 Å². The van der Waals surface area contributed by atoms with E-state index in [-0.39, 0.29) is 18.7 Å². The first kappa shape index (κ1) is 23.8. The fourth-order valence-corrected chi connectivity index (χ4v) is 6.14. The smallest absolute Gasteiger partial charge is 0.263 e. The molecule has 1 unspecified atom stereocenters. The number of piperidine rings is 2. The molecule has 1 N–H and O–H groups in total. The molecule has 35 heavy (non-hydrogen) atoms. The van der Waals surface area contributed by atoms with Crippen molar-refractivity contribution in [1.82, 2.24) is 15.1 Å². The Hall–Kier alpha value is -2.97. The number of rotatable bonds is 7. The number of hydrogen-bond donors (Lipinski definition) is 1.